The van der Waals surface area contributed by atoms with E-state index in [1.165, 1.54) is 6.07 Å². The molecule has 5 nitrogen and oxygen atoms in total. The van der Waals surface area contributed by atoms with Crippen LogP contribution in [-0.2, 0) is 0 Å². The molecule has 96 valence electrons. The minimum absolute atomic E-state index is 0.110. The van der Waals surface area contributed by atoms with Crippen LogP contribution in [0.2, 0.25) is 0 Å². The quantitative estimate of drug-likeness (QED) is 0.804. The van der Waals surface area contributed by atoms with Crippen LogP contribution in [-0.4, -0.2) is 29.1 Å². The van der Waals surface area contributed by atoms with Gasteiger partial charge in [-0.15, -0.1) is 0 Å². The highest BCUT2D eigenvalue weighted by Gasteiger charge is 2.13. The Labute approximate surface area is 102 Å². The molecule has 0 saturated heterocycles. The number of hydrogen-bond donors (Lipinski definition) is 2. The van der Waals surface area contributed by atoms with Gasteiger partial charge in [-0.1, -0.05) is 13.8 Å². The second-order valence-electron chi connectivity index (χ2n) is 4.72. The van der Waals surface area contributed by atoms with Crippen molar-refractivity contribution in [1.29, 1.82) is 0 Å². The van der Waals surface area contributed by atoms with Crippen LogP contribution in [0, 0.1) is 0 Å². The zero-order valence-electron chi connectivity index (χ0n) is 11.0. The predicted molar refractivity (Wildman–Crippen MR) is 70.5 cm³/mol. The van der Waals surface area contributed by atoms with E-state index in [1.54, 1.807) is 0 Å². The lowest BCUT2D eigenvalue weighted by Crippen LogP contribution is -2.37. The summed E-state index contributed by atoms with van der Waals surface area (Å²) in [6.45, 7) is 9.38. The minimum Gasteiger partial charge on any atom is -0.353 e. The third-order valence-electron chi connectivity index (χ3n) is 2.58. The molecule has 0 aliphatic rings. The summed E-state index contributed by atoms with van der Waals surface area (Å²) in [4.78, 5) is 20.9. The Morgan fingerprint density at radius 2 is 2.06 bits per heavy atom. The average Bonchev–Trinajstić information content (AvgIpc) is 2.24. The highest BCUT2D eigenvalue weighted by Crippen LogP contribution is 2.14. The lowest BCUT2D eigenvalue weighted by atomic mass is 10.2. The topological polar surface area (TPSA) is 75.0 Å². The van der Waals surface area contributed by atoms with Gasteiger partial charge in [0.2, 0.25) is 0 Å². The maximum absolute atomic E-state index is 11.6. The molecule has 0 fully saturated rings. The average molecular weight is 238 g/mol. The molecule has 1 heterocycles. The summed E-state index contributed by atoms with van der Waals surface area (Å²) < 4.78 is 0. The molecule has 0 amide bonds. The molecule has 1 rings (SSSR count). The molecule has 0 saturated carbocycles. The second-order valence-corrected chi connectivity index (χ2v) is 4.72. The van der Waals surface area contributed by atoms with Crippen LogP contribution in [0.4, 0.5) is 5.82 Å². The van der Waals surface area contributed by atoms with E-state index in [0.29, 0.717) is 18.9 Å². The molecule has 0 aliphatic carbocycles. The summed E-state index contributed by atoms with van der Waals surface area (Å²) in [7, 11) is 0. The first-order valence-electron chi connectivity index (χ1n) is 6.03. The lowest BCUT2D eigenvalue weighted by molar-refractivity contribution is 0.662. The Morgan fingerprint density at radius 3 is 2.53 bits per heavy atom. The first-order valence-corrected chi connectivity index (χ1v) is 6.03. The monoisotopic (exact) mass is 238 g/mol. The molecule has 1 aromatic heterocycles. The number of aromatic nitrogens is 2. The van der Waals surface area contributed by atoms with Crippen molar-refractivity contribution in [3.8, 4) is 0 Å². The SMILES string of the molecule is CC(C)c1nc(N(CCN)C(C)C)cc(=O)[nH]1. The van der Waals surface area contributed by atoms with Gasteiger partial charge in [0, 0.05) is 31.1 Å². The van der Waals surface area contributed by atoms with Gasteiger partial charge in [0.1, 0.15) is 11.6 Å². The molecule has 1 aromatic rings. The molecule has 0 unspecified atom stereocenters. The van der Waals surface area contributed by atoms with Crippen LogP contribution in [0.3, 0.4) is 0 Å². The number of nitrogens with zero attached hydrogens (tertiary/aromatic N) is 2. The van der Waals surface area contributed by atoms with E-state index in [2.05, 4.69) is 23.8 Å². The van der Waals surface area contributed by atoms with E-state index < -0.39 is 0 Å². The standard InChI is InChI=1S/C12H22N4O/c1-8(2)12-14-10(7-11(17)15-12)16(6-5-13)9(3)4/h7-9H,5-6,13H2,1-4H3,(H,14,15,17). The van der Waals surface area contributed by atoms with Gasteiger partial charge in [-0.05, 0) is 13.8 Å². The molecule has 0 aliphatic heterocycles. The number of aromatic amines is 1. The first-order chi connectivity index (χ1) is 7.95. The van der Waals surface area contributed by atoms with Crippen molar-refractivity contribution >= 4 is 5.82 Å². The number of nitrogens with one attached hydrogen (secondary N) is 1. The van der Waals surface area contributed by atoms with Crippen molar-refractivity contribution in [1.82, 2.24) is 9.97 Å². The molecule has 0 bridgehead atoms. The number of anilines is 1. The largest absolute Gasteiger partial charge is 0.353 e. The van der Waals surface area contributed by atoms with Crippen molar-refractivity contribution < 1.29 is 0 Å². The van der Waals surface area contributed by atoms with Crippen LogP contribution >= 0.6 is 0 Å². The number of H-pyrrole nitrogens is 1. The normalized spacial score (nSPS) is 11.2. The Hall–Kier alpha value is -1.36. The number of nitrogens with two attached hydrogens (primary N) is 1. The van der Waals surface area contributed by atoms with E-state index in [-0.39, 0.29) is 17.5 Å². The fraction of sp³-hybridized carbons (Fsp3) is 0.667. The zero-order chi connectivity index (χ0) is 13.0. The molecular weight excluding hydrogens is 216 g/mol. The Balaban J connectivity index is 3.14. The van der Waals surface area contributed by atoms with E-state index >= 15 is 0 Å². The van der Waals surface area contributed by atoms with E-state index in [1.807, 2.05) is 18.7 Å². The smallest absolute Gasteiger partial charge is 0.252 e. The van der Waals surface area contributed by atoms with Gasteiger partial charge in [0.25, 0.3) is 5.56 Å². The molecule has 0 aromatic carbocycles. The van der Waals surface area contributed by atoms with Crippen LogP contribution < -0.4 is 16.2 Å². The van der Waals surface area contributed by atoms with Crippen molar-refractivity contribution in [2.24, 2.45) is 5.73 Å². The fourth-order valence-corrected chi connectivity index (χ4v) is 1.66. The van der Waals surface area contributed by atoms with E-state index in [4.69, 9.17) is 5.73 Å². The highest BCUT2D eigenvalue weighted by atomic mass is 16.1. The summed E-state index contributed by atoms with van der Waals surface area (Å²) >= 11 is 0. The maximum Gasteiger partial charge on any atom is 0.252 e. The summed E-state index contributed by atoms with van der Waals surface area (Å²) in [5, 5.41) is 0. The van der Waals surface area contributed by atoms with Gasteiger partial charge in [-0.2, -0.15) is 0 Å². The molecule has 0 radical (unpaired) electrons. The van der Waals surface area contributed by atoms with Crippen molar-refractivity contribution in [3.63, 3.8) is 0 Å². The van der Waals surface area contributed by atoms with Crippen LogP contribution in [0.1, 0.15) is 39.4 Å². The van der Waals surface area contributed by atoms with Crippen molar-refractivity contribution in [3.05, 3.63) is 22.2 Å². The third kappa shape index (κ3) is 3.56. The predicted octanol–water partition coefficient (Wildman–Crippen LogP) is 1.07. The lowest BCUT2D eigenvalue weighted by Gasteiger charge is -2.27. The molecule has 0 atom stereocenters. The summed E-state index contributed by atoms with van der Waals surface area (Å²) in [5.41, 5.74) is 5.48. The van der Waals surface area contributed by atoms with Crippen molar-refractivity contribution in [2.45, 2.75) is 39.7 Å². The van der Waals surface area contributed by atoms with Gasteiger partial charge in [0.05, 0.1) is 0 Å². The summed E-state index contributed by atoms with van der Waals surface area (Å²) in [6, 6.07) is 1.80. The maximum atomic E-state index is 11.6. The van der Waals surface area contributed by atoms with Gasteiger partial charge in [0.15, 0.2) is 0 Å². The van der Waals surface area contributed by atoms with Gasteiger partial charge in [-0.25, -0.2) is 4.98 Å². The van der Waals surface area contributed by atoms with Crippen LogP contribution in [0.5, 0.6) is 0 Å². The number of rotatable bonds is 5. The zero-order valence-corrected chi connectivity index (χ0v) is 11.0. The minimum atomic E-state index is -0.110. The molecular formula is C12H22N4O. The van der Waals surface area contributed by atoms with Gasteiger partial charge in [-0.3, -0.25) is 4.79 Å². The summed E-state index contributed by atoms with van der Waals surface area (Å²) in [5.74, 6) is 1.63. The highest BCUT2D eigenvalue weighted by molar-refractivity contribution is 5.38. The Bertz CT molecular complexity index is 411. The second kappa shape index (κ2) is 5.82. The fourth-order valence-electron chi connectivity index (χ4n) is 1.66. The van der Waals surface area contributed by atoms with E-state index in [9.17, 15) is 4.79 Å². The van der Waals surface area contributed by atoms with E-state index in [0.717, 1.165) is 5.82 Å². The number of hydrogen-bond acceptors (Lipinski definition) is 4. The molecule has 17 heavy (non-hydrogen) atoms. The third-order valence-corrected chi connectivity index (χ3v) is 2.58. The van der Waals surface area contributed by atoms with Crippen LogP contribution in [0.15, 0.2) is 10.9 Å². The molecule has 5 heteroatoms. The first kappa shape index (κ1) is 13.7. The Morgan fingerprint density at radius 1 is 1.41 bits per heavy atom. The van der Waals surface area contributed by atoms with Crippen LogP contribution in [0.25, 0.3) is 0 Å². The van der Waals surface area contributed by atoms with Gasteiger partial charge < -0.3 is 15.6 Å². The molecule has 3 N–H and O–H groups in total. The van der Waals surface area contributed by atoms with Crippen molar-refractivity contribution in [2.75, 3.05) is 18.0 Å². The molecule has 0 spiro atoms. The van der Waals surface area contributed by atoms with Gasteiger partial charge >= 0.3 is 0 Å². The summed E-state index contributed by atoms with van der Waals surface area (Å²) in [6.07, 6.45) is 0. The Kier molecular flexibility index (Phi) is 4.69.